The minimum Gasteiger partial charge on any atom is -0.497 e. The summed E-state index contributed by atoms with van der Waals surface area (Å²) in [4.78, 5) is 19.5. The van der Waals surface area contributed by atoms with Gasteiger partial charge in [-0.05, 0) is 66.4 Å². The first kappa shape index (κ1) is 32.0. The quantitative estimate of drug-likeness (QED) is 0.149. The maximum absolute atomic E-state index is 14.4. The molecular formula is C34H40BrN3O6. The maximum Gasteiger partial charge on any atom is 0.266 e. The summed E-state index contributed by atoms with van der Waals surface area (Å²) < 4.78 is 18.7. The van der Waals surface area contributed by atoms with E-state index in [2.05, 4.69) is 26.8 Å². The molecule has 0 bridgehead atoms. The van der Waals surface area contributed by atoms with Crippen molar-refractivity contribution < 1.29 is 29.2 Å². The Balaban J connectivity index is 1.52. The van der Waals surface area contributed by atoms with Crippen molar-refractivity contribution in [1.29, 1.82) is 0 Å². The first-order valence-electron chi connectivity index (χ1n) is 15.1. The molecule has 1 amide bonds. The van der Waals surface area contributed by atoms with Gasteiger partial charge in [0.05, 0.1) is 19.3 Å². The average molecular weight is 667 g/mol. The van der Waals surface area contributed by atoms with Crippen LogP contribution in [-0.4, -0.2) is 60.0 Å². The number of hydrazine groups is 1. The highest BCUT2D eigenvalue weighted by atomic mass is 79.9. The molecule has 3 aromatic rings. The van der Waals surface area contributed by atoms with Crippen molar-refractivity contribution in [2.24, 2.45) is 4.99 Å². The Kier molecular flexibility index (Phi) is 10.6. The summed E-state index contributed by atoms with van der Waals surface area (Å²) in [7, 11) is 1.60. The number of methoxy groups -OCH3 is 1. The van der Waals surface area contributed by atoms with Crippen LogP contribution in [0.1, 0.15) is 61.3 Å². The number of nitrogens with zero attached hydrogens (tertiary/aromatic N) is 1. The largest absolute Gasteiger partial charge is 0.497 e. The summed E-state index contributed by atoms with van der Waals surface area (Å²) in [6, 6.07) is 22.6. The predicted molar refractivity (Wildman–Crippen MR) is 172 cm³/mol. The molecule has 5 rings (SSSR count). The Morgan fingerprint density at radius 1 is 1.05 bits per heavy atom. The predicted octanol–water partition coefficient (Wildman–Crippen LogP) is 5.03. The average Bonchev–Trinajstić information content (AvgIpc) is 3.43. The Morgan fingerprint density at radius 2 is 1.82 bits per heavy atom. The molecule has 4 N–H and O–H groups in total. The third-order valence-corrected chi connectivity index (χ3v) is 9.02. The standard InChI is InChI=1S/C34H40BrN3O6/c1-42-28-11-7-10-25(21-28)30-34(22-26-9-3-4-12-29(26)35,32(40)38-36-23-33(41)17-5-2-6-18-33)37-31(44-30)24-13-15-27(16-14-24)43-20-8-19-39/h3-4,7,9-16,21,30,36,39,41H,2,5-6,8,17-20,22-23H2,1H3,(H,38,40)/t30-,34-/m0/s1. The summed E-state index contributed by atoms with van der Waals surface area (Å²) in [5.41, 5.74) is 5.97. The van der Waals surface area contributed by atoms with Crippen LogP contribution in [0.25, 0.3) is 0 Å². The fourth-order valence-corrected chi connectivity index (χ4v) is 6.23. The number of carbonyl (C=O) groups excluding carboxylic acids is 1. The van der Waals surface area contributed by atoms with E-state index in [9.17, 15) is 9.90 Å². The summed E-state index contributed by atoms with van der Waals surface area (Å²) in [5.74, 6) is 1.25. The molecule has 2 aliphatic rings. The molecule has 1 aliphatic carbocycles. The molecule has 0 radical (unpaired) electrons. The number of benzene rings is 3. The Labute approximate surface area is 266 Å². The molecule has 1 aliphatic heterocycles. The first-order chi connectivity index (χ1) is 21.4. The van der Waals surface area contributed by atoms with Gasteiger partial charge in [-0.1, -0.05) is 65.5 Å². The molecule has 234 valence electrons. The van der Waals surface area contributed by atoms with E-state index in [0.29, 0.717) is 48.8 Å². The molecule has 1 heterocycles. The Morgan fingerprint density at radius 3 is 2.55 bits per heavy atom. The second kappa shape index (κ2) is 14.6. The second-order valence-electron chi connectivity index (χ2n) is 11.4. The van der Waals surface area contributed by atoms with Gasteiger partial charge in [-0.15, -0.1) is 0 Å². The van der Waals surface area contributed by atoms with Crippen molar-refractivity contribution in [3.63, 3.8) is 0 Å². The third-order valence-electron chi connectivity index (χ3n) is 8.25. The normalized spacial score (nSPS) is 20.8. The molecule has 0 aromatic heterocycles. The number of aliphatic hydroxyl groups excluding tert-OH is 1. The molecule has 3 aromatic carbocycles. The Bertz CT molecular complexity index is 1440. The van der Waals surface area contributed by atoms with Gasteiger partial charge in [-0.25, -0.2) is 10.4 Å². The van der Waals surface area contributed by atoms with Gasteiger partial charge in [0.2, 0.25) is 5.90 Å². The van der Waals surface area contributed by atoms with Gasteiger partial charge in [-0.3, -0.25) is 10.2 Å². The van der Waals surface area contributed by atoms with Crippen LogP contribution in [0.2, 0.25) is 0 Å². The maximum atomic E-state index is 14.4. The molecule has 0 unspecified atom stereocenters. The molecule has 0 saturated heterocycles. The van der Waals surface area contributed by atoms with Gasteiger partial charge in [0, 0.05) is 36.0 Å². The van der Waals surface area contributed by atoms with Crippen molar-refractivity contribution in [2.75, 3.05) is 26.9 Å². The number of aliphatic imine (C=N–C) groups is 1. The van der Waals surface area contributed by atoms with Crippen molar-refractivity contribution in [3.05, 3.63) is 94.0 Å². The number of carbonyl (C=O) groups is 1. The van der Waals surface area contributed by atoms with Crippen LogP contribution in [-0.2, 0) is 16.0 Å². The summed E-state index contributed by atoms with van der Waals surface area (Å²) in [6.07, 6.45) is 4.39. The highest BCUT2D eigenvalue weighted by Gasteiger charge is 2.54. The van der Waals surface area contributed by atoms with Crippen LogP contribution in [0.3, 0.4) is 0 Å². The van der Waals surface area contributed by atoms with E-state index in [1.54, 1.807) is 7.11 Å². The van der Waals surface area contributed by atoms with Gasteiger partial charge in [0.1, 0.15) is 11.5 Å². The lowest BCUT2D eigenvalue weighted by Crippen LogP contribution is -2.56. The van der Waals surface area contributed by atoms with Crippen LogP contribution in [0.15, 0.2) is 82.3 Å². The lowest BCUT2D eigenvalue weighted by atomic mass is 9.82. The molecule has 1 saturated carbocycles. The van der Waals surface area contributed by atoms with E-state index in [4.69, 9.17) is 24.3 Å². The summed E-state index contributed by atoms with van der Waals surface area (Å²) in [5, 5.41) is 20.1. The molecule has 10 heteroatoms. The minimum absolute atomic E-state index is 0.0597. The lowest BCUT2D eigenvalue weighted by molar-refractivity contribution is -0.130. The van der Waals surface area contributed by atoms with Crippen molar-refractivity contribution in [3.8, 4) is 11.5 Å². The molecule has 1 fully saturated rings. The minimum atomic E-state index is -1.41. The zero-order valence-electron chi connectivity index (χ0n) is 24.9. The van der Waals surface area contributed by atoms with Gasteiger partial charge < -0.3 is 24.4 Å². The van der Waals surface area contributed by atoms with Crippen LogP contribution in [0.5, 0.6) is 11.5 Å². The SMILES string of the molecule is COc1cccc([C@@H]2OC(c3ccc(OCCCO)cc3)=N[C@]2(Cc2ccccc2Br)C(=O)NNCC2(O)CCCCC2)c1. The van der Waals surface area contributed by atoms with Crippen molar-refractivity contribution >= 4 is 27.7 Å². The molecule has 0 spiro atoms. The fraction of sp³-hybridized carbons (Fsp3) is 0.412. The van der Waals surface area contributed by atoms with E-state index in [-0.39, 0.29) is 25.5 Å². The molecule has 9 nitrogen and oxygen atoms in total. The van der Waals surface area contributed by atoms with E-state index in [0.717, 1.165) is 34.9 Å². The van der Waals surface area contributed by atoms with Gasteiger partial charge in [0.25, 0.3) is 5.91 Å². The number of nitrogens with one attached hydrogen (secondary N) is 2. The zero-order chi connectivity index (χ0) is 31.0. The van der Waals surface area contributed by atoms with Gasteiger partial charge in [0.15, 0.2) is 11.6 Å². The van der Waals surface area contributed by atoms with Gasteiger partial charge in [-0.2, -0.15) is 0 Å². The van der Waals surface area contributed by atoms with Crippen LogP contribution in [0.4, 0.5) is 0 Å². The number of hydrogen-bond acceptors (Lipinski definition) is 8. The first-order valence-corrected chi connectivity index (χ1v) is 15.9. The highest BCUT2D eigenvalue weighted by Crippen LogP contribution is 2.44. The van der Waals surface area contributed by atoms with Crippen LogP contribution >= 0.6 is 15.9 Å². The number of hydrogen-bond donors (Lipinski definition) is 4. The zero-order valence-corrected chi connectivity index (χ0v) is 26.5. The topological polar surface area (TPSA) is 122 Å². The molecular weight excluding hydrogens is 626 g/mol. The van der Waals surface area contributed by atoms with E-state index >= 15 is 0 Å². The van der Waals surface area contributed by atoms with Crippen molar-refractivity contribution in [2.45, 2.75) is 62.2 Å². The van der Waals surface area contributed by atoms with Crippen molar-refractivity contribution in [1.82, 2.24) is 10.9 Å². The van der Waals surface area contributed by atoms with Crippen LogP contribution < -0.4 is 20.3 Å². The second-order valence-corrected chi connectivity index (χ2v) is 12.3. The number of rotatable bonds is 13. The number of halogens is 1. The van der Waals surface area contributed by atoms with Gasteiger partial charge >= 0.3 is 0 Å². The number of amides is 1. The number of aliphatic hydroxyl groups is 2. The monoisotopic (exact) mass is 665 g/mol. The molecule has 2 atom stereocenters. The Hall–Kier alpha value is -3.44. The van der Waals surface area contributed by atoms with E-state index < -0.39 is 17.2 Å². The molecule has 44 heavy (non-hydrogen) atoms. The fourth-order valence-electron chi connectivity index (χ4n) is 5.80. The smallest absolute Gasteiger partial charge is 0.266 e. The summed E-state index contributed by atoms with van der Waals surface area (Å²) >= 11 is 3.66. The lowest BCUT2D eigenvalue weighted by Gasteiger charge is -2.34. The number of ether oxygens (including phenoxy) is 3. The third kappa shape index (κ3) is 7.43. The summed E-state index contributed by atoms with van der Waals surface area (Å²) in [6.45, 7) is 0.704. The van der Waals surface area contributed by atoms with E-state index in [1.807, 2.05) is 72.8 Å². The van der Waals surface area contributed by atoms with Crippen LogP contribution in [0, 0.1) is 0 Å². The highest BCUT2D eigenvalue weighted by molar-refractivity contribution is 9.10. The van der Waals surface area contributed by atoms with E-state index in [1.165, 1.54) is 0 Å².